The third-order valence-corrected chi connectivity index (χ3v) is 4.99. The van der Waals surface area contributed by atoms with E-state index in [-0.39, 0.29) is 5.75 Å². The summed E-state index contributed by atoms with van der Waals surface area (Å²) < 4.78 is 30.1. The summed E-state index contributed by atoms with van der Waals surface area (Å²) in [4.78, 5) is 0. The van der Waals surface area contributed by atoms with Gasteiger partial charge in [-0.3, -0.25) is 4.55 Å². The van der Waals surface area contributed by atoms with Crippen molar-refractivity contribution in [2.24, 2.45) is 0 Å². The Labute approximate surface area is 126 Å². The van der Waals surface area contributed by atoms with E-state index in [9.17, 15) is 8.42 Å². The largest absolute Gasteiger partial charge is 0.325 e. The third-order valence-electron chi connectivity index (χ3n) is 4.19. The van der Waals surface area contributed by atoms with Crippen LogP contribution in [0.5, 0.6) is 0 Å². The molecule has 5 heteroatoms. The van der Waals surface area contributed by atoms with Crippen LogP contribution < -0.4 is 0 Å². The molecule has 0 saturated heterocycles. The van der Waals surface area contributed by atoms with Crippen LogP contribution in [0.2, 0.25) is 0 Å². The molecule has 0 unspecified atom stereocenters. The smallest absolute Gasteiger partial charge is 0.264 e. The molecule has 0 bridgehead atoms. The molecule has 0 aromatic rings. The van der Waals surface area contributed by atoms with Gasteiger partial charge >= 0.3 is 0 Å². The fourth-order valence-electron chi connectivity index (χ4n) is 2.23. The highest BCUT2D eigenvalue weighted by Crippen LogP contribution is 2.04. The van der Waals surface area contributed by atoms with E-state index in [4.69, 9.17) is 4.55 Å². The van der Waals surface area contributed by atoms with Crippen LogP contribution in [0, 0.1) is 0 Å². The second-order valence-electron chi connectivity index (χ2n) is 5.31. The van der Waals surface area contributed by atoms with Gasteiger partial charge in [0.15, 0.2) is 0 Å². The number of rotatable bonds is 10. The summed E-state index contributed by atoms with van der Waals surface area (Å²) in [6, 6.07) is 0. The molecule has 0 aliphatic rings. The first-order chi connectivity index (χ1) is 9.30. The molecule has 0 rings (SSSR count). The maximum Gasteiger partial charge on any atom is 0.264 e. The summed E-state index contributed by atoms with van der Waals surface area (Å²) in [7, 11) is -3.71. The first-order valence-corrected chi connectivity index (χ1v) is 9.71. The molecule has 4 nitrogen and oxygen atoms in total. The molecule has 0 aliphatic heterocycles. The van der Waals surface area contributed by atoms with Crippen molar-refractivity contribution in [1.82, 2.24) is 0 Å². The molecule has 0 aromatic heterocycles. The molecule has 0 aliphatic carbocycles. The molecular weight excluding hydrogens is 274 g/mol. The van der Waals surface area contributed by atoms with Gasteiger partial charge in [0.25, 0.3) is 10.1 Å². The summed E-state index contributed by atoms with van der Waals surface area (Å²) in [5.41, 5.74) is 0. The molecule has 0 spiro atoms. The summed E-state index contributed by atoms with van der Waals surface area (Å²) in [6.45, 7) is 16.3. The van der Waals surface area contributed by atoms with E-state index < -0.39 is 10.1 Å². The minimum absolute atomic E-state index is 0.0866. The Morgan fingerprint density at radius 2 is 1.15 bits per heavy atom. The normalized spacial score (nSPS) is 11.9. The van der Waals surface area contributed by atoms with E-state index in [1.165, 1.54) is 30.7 Å². The van der Waals surface area contributed by atoms with Gasteiger partial charge in [-0.15, -0.1) is 0 Å². The van der Waals surface area contributed by atoms with Crippen LogP contribution in [-0.4, -0.2) is 49.4 Å². The number of quaternary nitrogens is 1. The van der Waals surface area contributed by atoms with Gasteiger partial charge in [0, 0.05) is 0 Å². The Morgan fingerprint density at radius 1 is 0.750 bits per heavy atom. The fraction of sp³-hybridized carbons (Fsp3) is 1.00. The van der Waals surface area contributed by atoms with E-state index in [2.05, 4.69) is 34.6 Å². The lowest BCUT2D eigenvalue weighted by molar-refractivity contribution is -0.921. The first-order valence-electron chi connectivity index (χ1n) is 8.11. The Kier molecular flexibility index (Phi) is 14.0. The van der Waals surface area contributed by atoms with E-state index in [1.807, 2.05) is 0 Å². The number of hydrogen-bond acceptors (Lipinski definition) is 2. The number of hydrogen-bond donors (Lipinski definition) is 1. The zero-order valence-corrected chi connectivity index (χ0v) is 15.0. The summed E-state index contributed by atoms with van der Waals surface area (Å²) in [5, 5.41) is 0. The van der Waals surface area contributed by atoms with Crippen molar-refractivity contribution < 1.29 is 17.5 Å². The van der Waals surface area contributed by atoms with Gasteiger partial charge in [0.1, 0.15) is 0 Å². The molecule has 0 radical (unpaired) electrons. The van der Waals surface area contributed by atoms with Gasteiger partial charge < -0.3 is 4.48 Å². The molecule has 0 atom stereocenters. The van der Waals surface area contributed by atoms with E-state index in [0.29, 0.717) is 6.42 Å². The van der Waals surface area contributed by atoms with Gasteiger partial charge in [0.2, 0.25) is 0 Å². The van der Waals surface area contributed by atoms with E-state index in [1.54, 1.807) is 0 Å². The van der Waals surface area contributed by atoms with Gasteiger partial charge in [-0.25, -0.2) is 0 Å². The van der Waals surface area contributed by atoms with Crippen LogP contribution in [0.3, 0.4) is 0 Å². The Hall–Kier alpha value is -0.130. The van der Waals surface area contributed by atoms with Gasteiger partial charge in [-0.1, -0.05) is 32.6 Å². The standard InChI is InChI=1S/C8H20N.C7H16O3S/c1-5-9(6-2,7-3)8-4;1-2-3-4-5-6-7-11(8,9)10/h5-8H2,1-4H3;2-7H2,1H3,(H,8,9,10)/q+1;. The lowest BCUT2D eigenvalue weighted by Crippen LogP contribution is -2.47. The van der Waals surface area contributed by atoms with E-state index in [0.717, 1.165) is 25.7 Å². The first kappa shape index (κ1) is 22.2. The van der Waals surface area contributed by atoms with Crippen LogP contribution in [0.25, 0.3) is 0 Å². The van der Waals surface area contributed by atoms with Crippen LogP contribution in [-0.2, 0) is 10.1 Å². The highest BCUT2D eigenvalue weighted by Gasteiger charge is 2.16. The minimum Gasteiger partial charge on any atom is -0.325 e. The Bertz CT molecular complexity index is 281. The monoisotopic (exact) mass is 310 g/mol. The molecule has 124 valence electrons. The highest BCUT2D eigenvalue weighted by atomic mass is 32.2. The molecule has 1 N–H and O–H groups in total. The van der Waals surface area contributed by atoms with Crippen molar-refractivity contribution in [3.63, 3.8) is 0 Å². The predicted octanol–water partition coefficient (Wildman–Crippen LogP) is 3.73. The van der Waals surface area contributed by atoms with Crippen LogP contribution in [0.4, 0.5) is 0 Å². The lowest BCUT2D eigenvalue weighted by Gasteiger charge is -2.34. The maximum absolute atomic E-state index is 10.2. The molecule has 0 aromatic carbocycles. The Balaban J connectivity index is 0. The molecule has 0 saturated carbocycles. The predicted molar refractivity (Wildman–Crippen MR) is 87.6 cm³/mol. The minimum atomic E-state index is -3.71. The lowest BCUT2D eigenvalue weighted by atomic mass is 10.2. The number of unbranched alkanes of at least 4 members (excludes halogenated alkanes) is 4. The van der Waals surface area contributed by atoms with Gasteiger partial charge in [0.05, 0.1) is 31.9 Å². The quantitative estimate of drug-likeness (QED) is 0.380. The van der Waals surface area contributed by atoms with Crippen molar-refractivity contribution in [1.29, 1.82) is 0 Å². The second kappa shape index (κ2) is 12.6. The van der Waals surface area contributed by atoms with Crippen molar-refractivity contribution in [3.05, 3.63) is 0 Å². The summed E-state index contributed by atoms with van der Waals surface area (Å²) >= 11 is 0. The molecule has 20 heavy (non-hydrogen) atoms. The third kappa shape index (κ3) is 12.9. The van der Waals surface area contributed by atoms with Crippen LogP contribution >= 0.6 is 0 Å². The van der Waals surface area contributed by atoms with Crippen LogP contribution in [0.15, 0.2) is 0 Å². The second-order valence-corrected chi connectivity index (χ2v) is 6.88. The van der Waals surface area contributed by atoms with Crippen molar-refractivity contribution in [2.75, 3.05) is 31.9 Å². The topological polar surface area (TPSA) is 54.4 Å². The van der Waals surface area contributed by atoms with Crippen molar-refractivity contribution in [3.8, 4) is 0 Å². The zero-order chi connectivity index (χ0) is 16.1. The average molecular weight is 311 g/mol. The molecule has 0 heterocycles. The molecular formula is C15H36NO3S+. The van der Waals surface area contributed by atoms with E-state index >= 15 is 0 Å². The van der Waals surface area contributed by atoms with Gasteiger partial charge in [-0.05, 0) is 34.1 Å². The maximum atomic E-state index is 10.2. The molecule has 0 amide bonds. The van der Waals surface area contributed by atoms with Crippen molar-refractivity contribution in [2.45, 2.75) is 66.7 Å². The highest BCUT2D eigenvalue weighted by molar-refractivity contribution is 7.85. The SMILES string of the molecule is CCCCCCCS(=O)(=O)O.CC[N+](CC)(CC)CC. The van der Waals surface area contributed by atoms with Crippen LogP contribution in [0.1, 0.15) is 66.7 Å². The number of nitrogens with zero attached hydrogens (tertiary/aromatic N) is 1. The summed E-state index contributed by atoms with van der Waals surface area (Å²) in [5.74, 6) is -0.0866. The van der Waals surface area contributed by atoms with Crippen molar-refractivity contribution >= 4 is 10.1 Å². The summed E-state index contributed by atoms with van der Waals surface area (Å²) in [6.07, 6.45) is 4.83. The zero-order valence-electron chi connectivity index (χ0n) is 14.2. The molecule has 0 fully saturated rings. The fourth-order valence-corrected chi connectivity index (χ4v) is 2.80. The van der Waals surface area contributed by atoms with Gasteiger partial charge in [-0.2, -0.15) is 8.42 Å². The Morgan fingerprint density at radius 3 is 1.40 bits per heavy atom. The average Bonchev–Trinajstić information content (AvgIpc) is 2.41.